The molecule has 1 aromatic rings. The van der Waals surface area contributed by atoms with Crippen LogP contribution in [0.4, 0.5) is 0 Å². The van der Waals surface area contributed by atoms with Gasteiger partial charge in [0.15, 0.2) is 0 Å². The van der Waals surface area contributed by atoms with Crippen LogP contribution in [-0.2, 0) is 5.75 Å². The molecule has 0 heterocycles. The molecule has 102 valence electrons. The zero-order chi connectivity index (χ0) is 13.4. The molecule has 1 unspecified atom stereocenters. The molecule has 0 amide bonds. The summed E-state index contributed by atoms with van der Waals surface area (Å²) in [6, 6.07) is 8.49. The number of rotatable bonds is 8. The molecule has 0 saturated carbocycles. The van der Waals surface area contributed by atoms with E-state index in [2.05, 4.69) is 50.4 Å². The summed E-state index contributed by atoms with van der Waals surface area (Å²) in [5.74, 6) is 1.94. The van der Waals surface area contributed by atoms with Crippen molar-refractivity contribution in [3.8, 4) is 0 Å². The molecule has 0 fully saturated rings. The van der Waals surface area contributed by atoms with Crippen LogP contribution in [0.5, 0.6) is 0 Å². The molecule has 2 N–H and O–H groups in total. The largest absolute Gasteiger partial charge is 0.394 e. The summed E-state index contributed by atoms with van der Waals surface area (Å²) in [6.07, 6.45) is 1.10. The van der Waals surface area contributed by atoms with Crippen LogP contribution < -0.4 is 5.32 Å². The zero-order valence-corrected chi connectivity index (χ0v) is 12.5. The Hall–Kier alpha value is -0.510. The molecule has 1 rings (SSSR count). The minimum atomic E-state index is -0.163. The Bertz CT molecular complexity index is 356. The number of aliphatic hydroxyl groups excluding tert-OH is 1. The van der Waals surface area contributed by atoms with E-state index in [9.17, 15) is 5.11 Å². The Morgan fingerprint density at radius 2 is 2.06 bits per heavy atom. The number of thioether (sulfide) groups is 1. The Labute approximate surface area is 115 Å². The van der Waals surface area contributed by atoms with Crippen molar-refractivity contribution in [2.75, 3.05) is 18.9 Å². The molecule has 0 aliphatic carbocycles. The fourth-order valence-corrected chi connectivity index (χ4v) is 3.03. The van der Waals surface area contributed by atoms with Crippen molar-refractivity contribution >= 4 is 11.8 Å². The lowest BCUT2D eigenvalue weighted by Crippen LogP contribution is -2.48. The second kappa shape index (κ2) is 7.82. The minimum Gasteiger partial charge on any atom is -0.394 e. The highest BCUT2D eigenvalue weighted by Gasteiger charge is 2.21. The average molecular weight is 267 g/mol. The first kappa shape index (κ1) is 15.5. The summed E-state index contributed by atoms with van der Waals surface area (Å²) < 4.78 is 0. The molecule has 1 atom stereocenters. The molecule has 0 aliphatic heterocycles. The van der Waals surface area contributed by atoms with Gasteiger partial charge in [0, 0.05) is 17.0 Å². The van der Waals surface area contributed by atoms with Gasteiger partial charge in [-0.1, -0.05) is 31.2 Å². The highest BCUT2D eigenvalue weighted by Crippen LogP contribution is 2.20. The molecule has 0 radical (unpaired) electrons. The lowest BCUT2D eigenvalue weighted by atomic mass is 10.1. The van der Waals surface area contributed by atoms with Gasteiger partial charge in [0.1, 0.15) is 0 Å². The SMILES string of the molecule is CCCNC(C)(CO)CSCc1ccccc1C. The van der Waals surface area contributed by atoms with E-state index in [4.69, 9.17) is 0 Å². The maximum absolute atomic E-state index is 9.49. The predicted molar refractivity (Wildman–Crippen MR) is 81.1 cm³/mol. The maximum atomic E-state index is 9.49. The van der Waals surface area contributed by atoms with E-state index in [1.165, 1.54) is 11.1 Å². The van der Waals surface area contributed by atoms with Gasteiger partial charge in [0.2, 0.25) is 0 Å². The molecular weight excluding hydrogens is 242 g/mol. The molecule has 3 heteroatoms. The molecule has 0 bridgehead atoms. The van der Waals surface area contributed by atoms with E-state index in [0.29, 0.717) is 0 Å². The molecule has 1 aromatic carbocycles. The number of hydrogen-bond donors (Lipinski definition) is 2. The van der Waals surface area contributed by atoms with Crippen LogP contribution in [0, 0.1) is 6.92 Å². The van der Waals surface area contributed by atoms with Crippen molar-refractivity contribution in [3.63, 3.8) is 0 Å². The zero-order valence-electron chi connectivity index (χ0n) is 11.7. The first-order valence-corrected chi connectivity index (χ1v) is 7.75. The lowest BCUT2D eigenvalue weighted by molar-refractivity contribution is 0.192. The molecule has 0 aromatic heterocycles. The number of nitrogens with one attached hydrogen (secondary N) is 1. The predicted octanol–water partition coefficient (Wildman–Crippen LogP) is 2.98. The fraction of sp³-hybridized carbons (Fsp3) is 0.600. The van der Waals surface area contributed by atoms with Gasteiger partial charge in [-0.15, -0.1) is 0 Å². The van der Waals surface area contributed by atoms with E-state index < -0.39 is 0 Å². The summed E-state index contributed by atoms with van der Waals surface area (Å²) >= 11 is 1.88. The van der Waals surface area contributed by atoms with Gasteiger partial charge >= 0.3 is 0 Å². The topological polar surface area (TPSA) is 32.3 Å². The third-order valence-electron chi connectivity index (χ3n) is 3.09. The van der Waals surface area contributed by atoms with E-state index in [1.54, 1.807) is 0 Å². The Morgan fingerprint density at radius 1 is 1.33 bits per heavy atom. The van der Waals surface area contributed by atoms with Crippen LogP contribution in [0.15, 0.2) is 24.3 Å². The molecule has 2 nitrogen and oxygen atoms in total. The second-order valence-corrected chi connectivity index (χ2v) is 6.05. The third-order valence-corrected chi connectivity index (χ3v) is 4.45. The highest BCUT2D eigenvalue weighted by atomic mass is 32.2. The van der Waals surface area contributed by atoms with Gasteiger partial charge in [0.05, 0.1) is 6.61 Å². The number of aryl methyl sites for hydroxylation is 1. The van der Waals surface area contributed by atoms with Gasteiger partial charge in [-0.2, -0.15) is 11.8 Å². The first-order valence-electron chi connectivity index (χ1n) is 6.59. The minimum absolute atomic E-state index is 0.163. The summed E-state index contributed by atoms with van der Waals surface area (Å²) in [4.78, 5) is 0. The Kier molecular flexibility index (Phi) is 6.76. The standard InChI is InChI=1S/C15H25NOS/c1-4-9-16-15(3,11-17)12-18-10-14-8-6-5-7-13(14)2/h5-8,16-17H,4,9-12H2,1-3H3. The number of hydrogen-bond acceptors (Lipinski definition) is 3. The van der Waals surface area contributed by atoms with Crippen molar-refractivity contribution in [2.24, 2.45) is 0 Å². The van der Waals surface area contributed by atoms with Crippen LogP contribution in [0.25, 0.3) is 0 Å². The molecular formula is C15H25NOS. The number of benzene rings is 1. The Morgan fingerprint density at radius 3 is 2.67 bits per heavy atom. The molecule has 0 aliphatic rings. The van der Waals surface area contributed by atoms with Crippen LogP contribution >= 0.6 is 11.8 Å². The van der Waals surface area contributed by atoms with Crippen molar-refractivity contribution in [2.45, 2.75) is 38.5 Å². The van der Waals surface area contributed by atoms with Crippen molar-refractivity contribution < 1.29 is 5.11 Å². The second-order valence-electron chi connectivity index (χ2n) is 5.06. The van der Waals surface area contributed by atoms with Crippen molar-refractivity contribution in [1.82, 2.24) is 5.32 Å². The van der Waals surface area contributed by atoms with E-state index in [-0.39, 0.29) is 12.1 Å². The van der Waals surface area contributed by atoms with Gasteiger partial charge in [-0.25, -0.2) is 0 Å². The van der Waals surface area contributed by atoms with Crippen molar-refractivity contribution in [3.05, 3.63) is 35.4 Å². The van der Waals surface area contributed by atoms with E-state index >= 15 is 0 Å². The highest BCUT2D eigenvalue weighted by molar-refractivity contribution is 7.98. The lowest BCUT2D eigenvalue weighted by Gasteiger charge is -2.28. The van der Waals surface area contributed by atoms with Crippen molar-refractivity contribution in [1.29, 1.82) is 0 Å². The quantitative estimate of drug-likeness (QED) is 0.759. The van der Waals surface area contributed by atoms with Crippen LogP contribution in [0.3, 0.4) is 0 Å². The van der Waals surface area contributed by atoms with Crippen LogP contribution in [0.1, 0.15) is 31.4 Å². The van der Waals surface area contributed by atoms with Gasteiger partial charge < -0.3 is 10.4 Å². The first-order chi connectivity index (χ1) is 8.61. The Balaban J connectivity index is 2.42. The summed E-state index contributed by atoms with van der Waals surface area (Å²) in [6.45, 7) is 7.53. The van der Waals surface area contributed by atoms with Gasteiger partial charge in [-0.3, -0.25) is 0 Å². The summed E-state index contributed by atoms with van der Waals surface area (Å²) in [5.41, 5.74) is 2.57. The average Bonchev–Trinajstić information content (AvgIpc) is 2.39. The summed E-state index contributed by atoms with van der Waals surface area (Å²) in [7, 11) is 0. The maximum Gasteiger partial charge on any atom is 0.0618 e. The molecule has 18 heavy (non-hydrogen) atoms. The van der Waals surface area contributed by atoms with Gasteiger partial charge in [0.25, 0.3) is 0 Å². The third kappa shape index (κ3) is 5.01. The van der Waals surface area contributed by atoms with E-state index in [1.807, 2.05) is 11.8 Å². The number of aliphatic hydroxyl groups is 1. The monoisotopic (exact) mass is 267 g/mol. The summed E-state index contributed by atoms with van der Waals surface area (Å²) in [5, 5.41) is 12.9. The van der Waals surface area contributed by atoms with Crippen LogP contribution in [-0.4, -0.2) is 29.5 Å². The molecule has 0 saturated heterocycles. The smallest absolute Gasteiger partial charge is 0.0618 e. The fourth-order valence-electron chi connectivity index (χ4n) is 1.74. The normalized spacial score (nSPS) is 14.4. The van der Waals surface area contributed by atoms with E-state index in [0.717, 1.165) is 24.5 Å². The van der Waals surface area contributed by atoms with Gasteiger partial charge in [-0.05, 0) is 37.9 Å². The molecule has 0 spiro atoms. The van der Waals surface area contributed by atoms with Crippen LogP contribution in [0.2, 0.25) is 0 Å².